The zero-order chi connectivity index (χ0) is 17.4. The number of benzene rings is 1. The van der Waals surface area contributed by atoms with Crippen LogP contribution in [-0.2, 0) is 0 Å². The maximum Gasteiger partial charge on any atom is 0.153 e. The highest BCUT2D eigenvalue weighted by atomic mass is 35.5. The van der Waals surface area contributed by atoms with E-state index in [1.54, 1.807) is 6.07 Å². The topological polar surface area (TPSA) is 9.23 Å². The van der Waals surface area contributed by atoms with Gasteiger partial charge in [0, 0.05) is 5.56 Å². The van der Waals surface area contributed by atoms with Crippen LogP contribution in [-0.4, -0.2) is 6.61 Å². The Bertz CT molecular complexity index is 592. The Balaban J connectivity index is 2.03. The predicted octanol–water partition coefficient (Wildman–Crippen LogP) is 7.20. The first-order chi connectivity index (χ1) is 11.7. The molecule has 24 heavy (non-hydrogen) atoms. The maximum atomic E-state index is 14.6. The van der Waals surface area contributed by atoms with E-state index in [-0.39, 0.29) is 10.8 Å². The van der Waals surface area contributed by atoms with E-state index in [1.165, 1.54) is 6.42 Å². The second-order valence-electron chi connectivity index (χ2n) is 6.46. The van der Waals surface area contributed by atoms with Crippen molar-refractivity contribution in [2.24, 2.45) is 5.92 Å². The number of halogens is 2. The van der Waals surface area contributed by atoms with E-state index < -0.39 is 0 Å². The van der Waals surface area contributed by atoms with Gasteiger partial charge in [-0.25, -0.2) is 4.39 Å². The van der Waals surface area contributed by atoms with Gasteiger partial charge in [0.2, 0.25) is 0 Å². The van der Waals surface area contributed by atoms with Crippen LogP contribution in [0.15, 0.2) is 30.4 Å². The van der Waals surface area contributed by atoms with Gasteiger partial charge in [-0.2, -0.15) is 0 Å². The van der Waals surface area contributed by atoms with Crippen LogP contribution in [0.4, 0.5) is 4.39 Å². The molecule has 132 valence electrons. The molecule has 0 N–H and O–H groups in total. The van der Waals surface area contributed by atoms with Crippen molar-refractivity contribution in [2.45, 2.75) is 58.8 Å². The highest BCUT2D eigenvalue weighted by Gasteiger charge is 2.20. The van der Waals surface area contributed by atoms with Gasteiger partial charge in [-0.3, -0.25) is 0 Å². The summed E-state index contributed by atoms with van der Waals surface area (Å²) in [5.41, 5.74) is 1.71. The summed E-state index contributed by atoms with van der Waals surface area (Å²) in [6.45, 7) is 4.72. The number of allylic oxidation sites excluding steroid dienone is 4. The van der Waals surface area contributed by atoms with Gasteiger partial charge in [0.1, 0.15) is 10.8 Å². The second-order valence-corrected chi connectivity index (χ2v) is 6.84. The van der Waals surface area contributed by atoms with Gasteiger partial charge in [-0.1, -0.05) is 43.2 Å². The zero-order valence-corrected chi connectivity index (χ0v) is 15.5. The van der Waals surface area contributed by atoms with Crippen molar-refractivity contribution in [1.82, 2.24) is 0 Å². The Morgan fingerprint density at radius 2 is 2.21 bits per heavy atom. The molecule has 1 nitrogen and oxygen atoms in total. The first kappa shape index (κ1) is 19.1. The molecule has 0 aromatic heterocycles. The molecule has 0 bridgehead atoms. The Morgan fingerprint density at radius 1 is 1.38 bits per heavy atom. The Hall–Kier alpha value is -1.28. The lowest BCUT2D eigenvalue weighted by Gasteiger charge is -2.22. The van der Waals surface area contributed by atoms with Gasteiger partial charge >= 0.3 is 0 Å². The molecule has 0 fully saturated rings. The Kier molecular flexibility index (Phi) is 7.84. The van der Waals surface area contributed by atoms with E-state index in [0.29, 0.717) is 23.8 Å². The molecule has 0 aliphatic heterocycles. The van der Waals surface area contributed by atoms with Crippen molar-refractivity contribution < 1.29 is 9.13 Å². The SMILES string of the molecule is CC=CCCC1CC=C(c2ccc(OCCCC)c(Cl)c2F)CC1. The highest BCUT2D eigenvalue weighted by molar-refractivity contribution is 6.32. The fourth-order valence-corrected chi connectivity index (χ4v) is 3.33. The van der Waals surface area contributed by atoms with Crippen LogP contribution < -0.4 is 4.74 Å². The molecule has 1 atom stereocenters. The minimum Gasteiger partial charge on any atom is -0.492 e. The molecular formula is C21H28ClFO. The highest BCUT2D eigenvalue weighted by Crippen LogP contribution is 2.37. The molecule has 1 aromatic carbocycles. The monoisotopic (exact) mass is 350 g/mol. The summed E-state index contributed by atoms with van der Waals surface area (Å²) in [7, 11) is 0. The van der Waals surface area contributed by atoms with Gasteiger partial charge in [-0.05, 0) is 69.1 Å². The summed E-state index contributed by atoms with van der Waals surface area (Å²) in [5.74, 6) is 0.816. The number of hydrogen-bond donors (Lipinski definition) is 0. The van der Waals surface area contributed by atoms with Crippen LogP contribution >= 0.6 is 11.6 Å². The maximum absolute atomic E-state index is 14.6. The van der Waals surface area contributed by atoms with Crippen molar-refractivity contribution in [2.75, 3.05) is 6.61 Å². The molecule has 1 unspecified atom stereocenters. The third-order valence-corrected chi connectivity index (χ3v) is 5.00. The third-order valence-electron chi connectivity index (χ3n) is 4.65. The summed E-state index contributed by atoms with van der Waals surface area (Å²) in [6, 6.07) is 3.61. The van der Waals surface area contributed by atoms with E-state index in [1.807, 2.05) is 6.07 Å². The van der Waals surface area contributed by atoms with Gasteiger partial charge < -0.3 is 4.74 Å². The summed E-state index contributed by atoms with van der Waals surface area (Å²) in [4.78, 5) is 0. The van der Waals surface area contributed by atoms with Crippen molar-refractivity contribution in [1.29, 1.82) is 0 Å². The first-order valence-electron chi connectivity index (χ1n) is 9.08. The molecule has 0 saturated carbocycles. The summed E-state index contributed by atoms with van der Waals surface area (Å²) >= 11 is 6.17. The predicted molar refractivity (Wildman–Crippen MR) is 101 cm³/mol. The van der Waals surface area contributed by atoms with Crippen molar-refractivity contribution >= 4 is 17.2 Å². The molecule has 0 saturated heterocycles. The molecule has 3 heteroatoms. The van der Waals surface area contributed by atoms with Gasteiger partial charge in [-0.15, -0.1) is 0 Å². The minimum absolute atomic E-state index is 0.111. The fraction of sp³-hybridized carbons (Fsp3) is 0.524. The lowest BCUT2D eigenvalue weighted by Crippen LogP contribution is -2.06. The van der Waals surface area contributed by atoms with E-state index in [4.69, 9.17) is 16.3 Å². The van der Waals surface area contributed by atoms with Crippen molar-refractivity contribution in [3.8, 4) is 5.75 Å². The zero-order valence-electron chi connectivity index (χ0n) is 14.8. The van der Waals surface area contributed by atoms with Crippen LogP contribution in [0.5, 0.6) is 5.75 Å². The number of hydrogen-bond acceptors (Lipinski definition) is 1. The van der Waals surface area contributed by atoms with Crippen LogP contribution in [0.3, 0.4) is 0 Å². The van der Waals surface area contributed by atoms with E-state index >= 15 is 0 Å². The fourth-order valence-electron chi connectivity index (χ4n) is 3.11. The molecule has 1 aliphatic carbocycles. The molecule has 0 spiro atoms. The summed E-state index contributed by atoms with van der Waals surface area (Å²) in [6.07, 6.45) is 13.9. The first-order valence-corrected chi connectivity index (χ1v) is 9.46. The van der Waals surface area contributed by atoms with E-state index in [2.05, 4.69) is 32.1 Å². The van der Waals surface area contributed by atoms with Crippen LogP contribution in [0.2, 0.25) is 5.02 Å². The normalized spacial score (nSPS) is 18.0. The largest absolute Gasteiger partial charge is 0.492 e. The average molecular weight is 351 g/mol. The number of ether oxygens (including phenoxy) is 1. The molecule has 1 aliphatic rings. The Labute approximate surface area is 150 Å². The van der Waals surface area contributed by atoms with Crippen LogP contribution in [0.25, 0.3) is 5.57 Å². The summed E-state index contributed by atoms with van der Waals surface area (Å²) < 4.78 is 20.2. The Morgan fingerprint density at radius 3 is 2.88 bits per heavy atom. The van der Waals surface area contributed by atoms with Gasteiger partial charge in [0.15, 0.2) is 5.82 Å². The number of unbranched alkanes of at least 4 members (excludes halogenated alkanes) is 1. The van der Waals surface area contributed by atoms with Crippen LogP contribution in [0.1, 0.15) is 64.4 Å². The number of rotatable bonds is 8. The van der Waals surface area contributed by atoms with Gasteiger partial charge in [0.05, 0.1) is 6.61 Å². The molecular weight excluding hydrogens is 323 g/mol. The molecule has 0 radical (unpaired) electrons. The third kappa shape index (κ3) is 5.11. The smallest absolute Gasteiger partial charge is 0.153 e. The minimum atomic E-state index is -0.343. The lowest BCUT2D eigenvalue weighted by molar-refractivity contribution is 0.308. The quantitative estimate of drug-likeness (QED) is 0.356. The average Bonchev–Trinajstić information content (AvgIpc) is 2.60. The second kappa shape index (κ2) is 9.88. The summed E-state index contributed by atoms with van der Waals surface area (Å²) in [5, 5.41) is 0.111. The van der Waals surface area contributed by atoms with E-state index in [9.17, 15) is 4.39 Å². The lowest BCUT2D eigenvalue weighted by atomic mass is 9.84. The molecule has 0 amide bonds. The van der Waals surface area contributed by atoms with Crippen molar-refractivity contribution in [3.05, 3.63) is 46.8 Å². The molecule has 0 heterocycles. The van der Waals surface area contributed by atoms with Gasteiger partial charge in [0.25, 0.3) is 0 Å². The standard InChI is InChI=1S/C21H28ClFO/c1-3-5-7-8-16-9-11-17(12-10-16)18-13-14-19(20(22)21(18)23)24-15-6-4-2/h3,5,11,13-14,16H,4,6-10,12,15H2,1-2H3. The van der Waals surface area contributed by atoms with E-state index in [0.717, 1.165) is 44.1 Å². The molecule has 2 rings (SSSR count). The van der Waals surface area contributed by atoms with Crippen molar-refractivity contribution in [3.63, 3.8) is 0 Å². The molecule has 1 aromatic rings. The van der Waals surface area contributed by atoms with Crippen LogP contribution in [0, 0.1) is 11.7 Å².